The molecule has 0 fully saturated rings. The molecule has 1 unspecified atom stereocenters. The highest BCUT2D eigenvalue weighted by atomic mass is 14.0. The summed E-state index contributed by atoms with van der Waals surface area (Å²) in [6.07, 6.45) is 11.7. The summed E-state index contributed by atoms with van der Waals surface area (Å²) in [5.74, 6) is 0.642. The second kappa shape index (κ2) is 7.37. The summed E-state index contributed by atoms with van der Waals surface area (Å²) in [4.78, 5) is 0. The lowest BCUT2D eigenvalue weighted by Crippen LogP contribution is -1.85. The Balaban J connectivity index is 4.66. The summed E-state index contributed by atoms with van der Waals surface area (Å²) < 4.78 is 0. The largest absolute Gasteiger partial charge is 0.0985 e. The second-order valence-corrected chi connectivity index (χ2v) is 3.59. The van der Waals surface area contributed by atoms with Crippen LogP contribution in [0.2, 0.25) is 0 Å². The van der Waals surface area contributed by atoms with E-state index in [-0.39, 0.29) is 0 Å². The lowest BCUT2D eigenvalue weighted by atomic mass is 10.0. The van der Waals surface area contributed by atoms with Crippen molar-refractivity contribution < 1.29 is 0 Å². The minimum atomic E-state index is 0.642. The molecule has 0 amide bonds. The van der Waals surface area contributed by atoms with Crippen LogP contribution in [0.15, 0.2) is 48.1 Å². The van der Waals surface area contributed by atoms with Gasteiger partial charge in [0, 0.05) is 0 Å². The number of hydrogen-bond acceptors (Lipinski definition) is 0. The van der Waals surface area contributed by atoms with Crippen LogP contribution < -0.4 is 0 Å². The SMILES string of the molecule is C=CC(/C=C\C(C)CC)=C(C)\C=C\C. The van der Waals surface area contributed by atoms with Gasteiger partial charge in [-0.25, -0.2) is 0 Å². The minimum Gasteiger partial charge on any atom is -0.0985 e. The fourth-order valence-corrected chi connectivity index (χ4v) is 1.11. The van der Waals surface area contributed by atoms with Gasteiger partial charge in [0.1, 0.15) is 0 Å². The van der Waals surface area contributed by atoms with Gasteiger partial charge in [0.2, 0.25) is 0 Å². The summed E-state index contributed by atoms with van der Waals surface area (Å²) in [7, 11) is 0. The Morgan fingerprint density at radius 2 is 2.00 bits per heavy atom. The molecular weight excluding hydrogens is 168 g/mol. The van der Waals surface area contributed by atoms with Crippen molar-refractivity contribution in [3.8, 4) is 0 Å². The maximum atomic E-state index is 3.83. The van der Waals surface area contributed by atoms with Gasteiger partial charge in [-0.05, 0) is 30.9 Å². The highest BCUT2D eigenvalue weighted by Gasteiger charge is 1.93. The zero-order valence-electron chi connectivity index (χ0n) is 9.88. The highest BCUT2D eigenvalue weighted by Crippen LogP contribution is 2.11. The average Bonchev–Trinajstić information content (AvgIpc) is 2.18. The Morgan fingerprint density at radius 3 is 2.43 bits per heavy atom. The van der Waals surface area contributed by atoms with E-state index >= 15 is 0 Å². The van der Waals surface area contributed by atoms with E-state index in [0.29, 0.717) is 5.92 Å². The summed E-state index contributed by atoms with van der Waals surface area (Å²) >= 11 is 0. The number of rotatable bonds is 5. The molecule has 0 bridgehead atoms. The van der Waals surface area contributed by atoms with E-state index in [9.17, 15) is 0 Å². The first-order valence-corrected chi connectivity index (χ1v) is 5.29. The second-order valence-electron chi connectivity index (χ2n) is 3.59. The normalized spacial score (nSPS) is 16.0. The Bertz CT molecular complexity index is 251. The molecule has 0 saturated carbocycles. The van der Waals surface area contributed by atoms with Crippen molar-refractivity contribution in [1.82, 2.24) is 0 Å². The Labute approximate surface area is 88.7 Å². The third-order valence-corrected chi connectivity index (χ3v) is 2.34. The summed E-state index contributed by atoms with van der Waals surface area (Å²) in [6, 6.07) is 0. The van der Waals surface area contributed by atoms with Gasteiger partial charge in [-0.2, -0.15) is 0 Å². The van der Waals surface area contributed by atoms with E-state index in [1.165, 1.54) is 17.6 Å². The lowest BCUT2D eigenvalue weighted by Gasteiger charge is -2.02. The standard InChI is InChI=1S/C14H22/c1-6-9-13(5)14(8-3)11-10-12(4)7-2/h6,8-12H,3,7H2,1-2,4-5H3/b9-6+,11-10-,14-13+. The molecule has 0 heteroatoms. The van der Waals surface area contributed by atoms with Crippen LogP contribution in [0.3, 0.4) is 0 Å². The molecule has 1 atom stereocenters. The van der Waals surface area contributed by atoms with Gasteiger partial charge in [-0.3, -0.25) is 0 Å². The van der Waals surface area contributed by atoms with Gasteiger partial charge in [-0.15, -0.1) is 0 Å². The summed E-state index contributed by atoms with van der Waals surface area (Å²) in [6.45, 7) is 12.4. The van der Waals surface area contributed by atoms with E-state index in [4.69, 9.17) is 0 Å². The minimum absolute atomic E-state index is 0.642. The first-order chi connectivity index (χ1) is 6.65. The molecule has 0 nitrogen and oxygen atoms in total. The molecule has 0 aliphatic rings. The third kappa shape index (κ3) is 4.86. The van der Waals surface area contributed by atoms with E-state index in [1.54, 1.807) is 0 Å². The molecule has 78 valence electrons. The van der Waals surface area contributed by atoms with Crippen LogP contribution in [0.1, 0.15) is 34.1 Å². The Kier molecular flexibility index (Phi) is 6.82. The van der Waals surface area contributed by atoms with E-state index < -0.39 is 0 Å². The highest BCUT2D eigenvalue weighted by molar-refractivity contribution is 5.38. The molecule has 0 aromatic rings. The molecule has 0 rings (SSSR count). The predicted molar refractivity (Wildman–Crippen MR) is 66.3 cm³/mol. The lowest BCUT2D eigenvalue weighted by molar-refractivity contribution is 0.698. The molecule has 0 heterocycles. The van der Waals surface area contributed by atoms with Gasteiger partial charge >= 0.3 is 0 Å². The maximum Gasteiger partial charge on any atom is -0.0236 e. The van der Waals surface area contributed by atoms with Gasteiger partial charge < -0.3 is 0 Å². The summed E-state index contributed by atoms with van der Waals surface area (Å²) in [5.41, 5.74) is 2.48. The van der Waals surface area contributed by atoms with Crippen molar-refractivity contribution in [2.75, 3.05) is 0 Å². The van der Waals surface area contributed by atoms with Crippen molar-refractivity contribution in [3.63, 3.8) is 0 Å². The van der Waals surface area contributed by atoms with Crippen LogP contribution >= 0.6 is 0 Å². The quantitative estimate of drug-likeness (QED) is 0.553. The fraction of sp³-hybridized carbons (Fsp3) is 0.429. The molecule has 0 aromatic carbocycles. The average molecular weight is 190 g/mol. The number of allylic oxidation sites excluding steroid dienone is 7. The van der Waals surface area contributed by atoms with Crippen molar-refractivity contribution in [2.24, 2.45) is 5.92 Å². The first-order valence-electron chi connectivity index (χ1n) is 5.29. The van der Waals surface area contributed by atoms with E-state index in [1.807, 2.05) is 13.0 Å². The predicted octanol–water partition coefficient (Wildman–Crippen LogP) is 4.67. The number of hydrogen-bond donors (Lipinski definition) is 0. The van der Waals surface area contributed by atoms with Gasteiger partial charge in [0.05, 0.1) is 0 Å². The van der Waals surface area contributed by atoms with Crippen molar-refractivity contribution >= 4 is 0 Å². The zero-order chi connectivity index (χ0) is 11.0. The monoisotopic (exact) mass is 190 g/mol. The topological polar surface area (TPSA) is 0 Å². The molecule has 0 aliphatic heterocycles. The van der Waals surface area contributed by atoms with Crippen LogP contribution in [0.25, 0.3) is 0 Å². The van der Waals surface area contributed by atoms with Gasteiger partial charge in [-0.1, -0.05) is 57.2 Å². The third-order valence-electron chi connectivity index (χ3n) is 2.34. The molecule has 0 radical (unpaired) electrons. The van der Waals surface area contributed by atoms with Crippen molar-refractivity contribution in [2.45, 2.75) is 34.1 Å². The fourth-order valence-electron chi connectivity index (χ4n) is 1.11. The maximum absolute atomic E-state index is 3.83. The summed E-state index contributed by atoms with van der Waals surface area (Å²) in [5, 5.41) is 0. The van der Waals surface area contributed by atoms with Gasteiger partial charge in [0.25, 0.3) is 0 Å². The van der Waals surface area contributed by atoms with Crippen molar-refractivity contribution in [1.29, 1.82) is 0 Å². The Morgan fingerprint density at radius 1 is 1.36 bits per heavy atom. The smallest absolute Gasteiger partial charge is 0.0236 e. The molecule has 0 aromatic heterocycles. The first kappa shape index (κ1) is 13.0. The molecule has 0 saturated heterocycles. The zero-order valence-corrected chi connectivity index (χ0v) is 9.88. The van der Waals surface area contributed by atoms with Crippen LogP contribution in [-0.2, 0) is 0 Å². The Hall–Kier alpha value is -1.04. The van der Waals surface area contributed by atoms with Crippen molar-refractivity contribution in [3.05, 3.63) is 48.1 Å². The molecular formula is C14H22. The van der Waals surface area contributed by atoms with Crippen LogP contribution in [0, 0.1) is 5.92 Å². The van der Waals surface area contributed by atoms with Crippen LogP contribution in [0.4, 0.5) is 0 Å². The van der Waals surface area contributed by atoms with E-state index in [2.05, 4.69) is 51.7 Å². The molecule has 0 spiro atoms. The van der Waals surface area contributed by atoms with Crippen LogP contribution in [-0.4, -0.2) is 0 Å². The molecule has 0 N–H and O–H groups in total. The van der Waals surface area contributed by atoms with Crippen LogP contribution in [0.5, 0.6) is 0 Å². The van der Waals surface area contributed by atoms with E-state index in [0.717, 1.165) is 0 Å². The molecule has 0 aliphatic carbocycles. The molecule has 14 heavy (non-hydrogen) atoms. The van der Waals surface area contributed by atoms with Gasteiger partial charge in [0.15, 0.2) is 0 Å².